The molecule has 6 N–H and O–H groups in total. The minimum absolute atomic E-state index is 0.372. The van der Waals surface area contributed by atoms with Crippen molar-refractivity contribution in [1.82, 2.24) is 0 Å². The summed E-state index contributed by atoms with van der Waals surface area (Å²) in [5, 5.41) is 35.0. The number of hydrogen-bond acceptors (Lipinski definition) is 5. The van der Waals surface area contributed by atoms with Crippen LogP contribution in [0.4, 0.5) is 0 Å². The van der Waals surface area contributed by atoms with Crippen LogP contribution in [0.15, 0.2) is 0 Å². The van der Waals surface area contributed by atoms with Crippen molar-refractivity contribution < 1.29 is 52.2 Å². The van der Waals surface area contributed by atoms with E-state index >= 15 is 0 Å². The summed E-state index contributed by atoms with van der Waals surface area (Å²) < 4.78 is 23.3. The molecular formula is C32H74O7Zr. The van der Waals surface area contributed by atoms with Gasteiger partial charge in [0.2, 0.25) is 0 Å². The molecule has 0 aromatic heterocycles. The number of hydrogen-bond donors (Lipinski definition) is 6. The molecule has 0 spiro atoms. The van der Waals surface area contributed by atoms with Gasteiger partial charge in [-0.25, -0.2) is 0 Å². The van der Waals surface area contributed by atoms with E-state index in [9.17, 15) is 0 Å². The van der Waals surface area contributed by atoms with Crippen molar-refractivity contribution in [3.63, 3.8) is 0 Å². The first-order chi connectivity index (χ1) is 19.1. The molecule has 0 bridgehead atoms. The van der Waals surface area contributed by atoms with Crippen molar-refractivity contribution in [3.05, 3.63) is 0 Å². The second-order valence-electron chi connectivity index (χ2n) is 10.7. The molecule has 248 valence electrons. The van der Waals surface area contributed by atoms with Gasteiger partial charge in [-0.2, -0.15) is 0 Å². The van der Waals surface area contributed by atoms with Crippen LogP contribution in [0, 0.1) is 23.7 Å². The summed E-state index contributed by atoms with van der Waals surface area (Å²) in [7, 11) is 0. The molecule has 0 aromatic carbocycles. The maximum absolute atomic E-state index is 8.84. The fourth-order valence-corrected chi connectivity index (χ4v) is 3.67. The van der Waals surface area contributed by atoms with E-state index in [-0.39, 0.29) is 0 Å². The molecule has 0 rings (SSSR count). The first-order valence-corrected chi connectivity index (χ1v) is 19.7. The van der Waals surface area contributed by atoms with Gasteiger partial charge in [0.25, 0.3) is 0 Å². The third kappa shape index (κ3) is 51.2. The predicted molar refractivity (Wildman–Crippen MR) is 167 cm³/mol. The fraction of sp³-hybridized carbons (Fsp3) is 1.00. The van der Waals surface area contributed by atoms with E-state index in [4.69, 9.17) is 29.6 Å². The first kappa shape index (κ1) is 50.1. The average Bonchev–Trinajstić information content (AvgIpc) is 2.96. The molecule has 40 heavy (non-hydrogen) atoms. The second kappa shape index (κ2) is 46.4. The van der Waals surface area contributed by atoms with Crippen LogP contribution in [0.25, 0.3) is 0 Å². The van der Waals surface area contributed by atoms with Crippen LogP contribution in [-0.4, -0.2) is 53.2 Å². The van der Waals surface area contributed by atoms with Gasteiger partial charge in [-0.3, -0.25) is 0 Å². The van der Waals surface area contributed by atoms with Crippen LogP contribution in [0.1, 0.15) is 158 Å². The Morgan fingerprint density at radius 2 is 0.575 bits per heavy atom. The number of rotatable bonds is 20. The monoisotopic (exact) mass is 660 g/mol. The molecule has 0 amide bonds. The van der Waals surface area contributed by atoms with E-state index < -0.39 is 22.6 Å². The fourth-order valence-electron chi connectivity index (χ4n) is 3.67. The summed E-state index contributed by atoms with van der Waals surface area (Å²) in [6.07, 6.45) is 19.3. The van der Waals surface area contributed by atoms with Crippen LogP contribution in [0.5, 0.6) is 0 Å². The van der Waals surface area contributed by atoms with Crippen LogP contribution in [0.3, 0.4) is 0 Å². The zero-order chi connectivity index (χ0) is 32.0. The van der Waals surface area contributed by atoms with Crippen molar-refractivity contribution in [2.24, 2.45) is 23.7 Å². The third-order valence-corrected chi connectivity index (χ3v) is 7.21. The molecular weight excluding hydrogens is 588 g/mol. The third-order valence-electron chi connectivity index (χ3n) is 7.21. The van der Waals surface area contributed by atoms with Crippen LogP contribution in [-0.2, 0) is 25.4 Å². The summed E-state index contributed by atoms with van der Waals surface area (Å²) in [5.74, 6) is 2.24. The second-order valence-corrected chi connectivity index (χ2v) is 12.1. The SMILES string of the molecule is CCCCC(CC)CO.CCCCC(CC)CO.CCCCC(CC)CO.CCCCC(CC)CO.[O]=[Zr]([OH])[OH]. The van der Waals surface area contributed by atoms with Crippen LogP contribution < -0.4 is 0 Å². The summed E-state index contributed by atoms with van der Waals surface area (Å²) in [6, 6.07) is 0. The van der Waals surface area contributed by atoms with E-state index in [1.807, 2.05) is 0 Å². The van der Waals surface area contributed by atoms with E-state index in [0.717, 1.165) is 25.7 Å². The molecule has 8 heteroatoms. The predicted octanol–water partition coefficient (Wildman–Crippen LogP) is 7.55. The van der Waals surface area contributed by atoms with Gasteiger partial charge in [0.05, 0.1) is 0 Å². The van der Waals surface area contributed by atoms with E-state index in [2.05, 4.69) is 55.4 Å². The van der Waals surface area contributed by atoms with Gasteiger partial charge >= 0.3 is 31.8 Å². The standard InChI is InChI=1S/4C8H18O.2H2O.O.Zr/c4*1-3-5-6-8(4-2)7-9;;;;/h4*8-9H,3-7H2,1-2H3;2*1H2;;/q;;;;;;;+2/p-2. The molecule has 0 heterocycles. The minimum atomic E-state index is -3.79. The van der Waals surface area contributed by atoms with E-state index in [1.165, 1.54) is 77.0 Å². The molecule has 7 nitrogen and oxygen atoms in total. The Bertz CT molecular complexity index is 344. The maximum atomic E-state index is 8.84. The van der Waals surface area contributed by atoms with Gasteiger partial charge in [0.1, 0.15) is 0 Å². The van der Waals surface area contributed by atoms with Gasteiger partial charge in [-0.1, -0.05) is 132 Å². The van der Waals surface area contributed by atoms with Gasteiger partial charge < -0.3 is 20.4 Å². The summed E-state index contributed by atoms with van der Waals surface area (Å²) in [6.45, 7) is 18.8. The molecule has 4 unspecified atom stereocenters. The van der Waals surface area contributed by atoms with Crippen molar-refractivity contribution in [2.45, 2.75) is 158 Å². The average molecular weight is 662 g/mol. The molecule has 0 aliphatic carbocycles. The van der Waals surface area contributed by atoms with Crippen molar-refractivity contribution in [1.29, 1.82) is 0 Å². The Balaban J connectivity index is -0.000000130. The molecule has 0 aromatic rings. The zero-order valence-electron chi connectivity index (χ0n) is 28.0. The quantitative estimate of drug-likeness (QED) is 0.0792. The Morgan fingerprint density at radius 1 is 0.425 bits per heavy atom. The Kier molecular flexibility index (Phi) is 58.1. The molecule has 0 aliphatic heterocycles. The van der Waals surface area contributed by atoms with E-state index in [1.54, 1.807) is 0 Å². The Labute approximate surface area is 259 Å². The zero-order valence-corrected chi connectivity index (χ0v) is 30.5. The molecule has 4 atom stereocenters. The summed E-state index contributed by atoms with van der Waals surface area (Å²) >= 11 is -3.79. The van der Waals surface area contributed by atoms with Crippen LogP contribution >= 0.6 is 0 Å². The van der Waals surface area contributed by atoms with Gasteiger partial charge in [0.15, 0.2) is 0 Å². The molecule has 0 saturated carbocycles. The summed E-state index contributed by atoms with van der Waals surface area (Å²) in [5.41, 5.74) is 0. The van der Waals surface area contributed by atoms with Crippen LogP contribution in [0.2, 0.25) is 0 Å². The topological polar surface area (TPSA) is 138 Å². The normalized spacial score (nSPS) is 12.9. The van der Waals surface area contributed by atoms with Gasteiger partial charge in [-0.05, 0) is 49.4 Å². The number of unbranched alkanes of at least 4 members (excludes halogenated alkanes) is 4. The van der Waals surface area contributed by atoms with Gasteiger partial charge in [0, 0.05) is 26.4 Å². The first-order valence-electron chi connectivity index (χ1n) is 16.5. The van der Waals surface area contributed by atoms with E-state index in [0.29, 0.717) is 50.1 Å². The number of aliphatic hydroxyl groups is 4. The van der Waals surface area contributed by atoms with Gasteiger partial charge in [-0.15, -0.1) is 0 Å². The molecule has 0 aliphatic rings. The molecule has 0 fully saturated rings. The summed E-state index contributed by atoms with van der Waals surface area (Å²) in [4.78, 5) is 0. The number of aliphatic hydroxyl groups excluding tert-OH is 4. The molecule has 0 radical (unpaired) electrons. The Morgan fingerprint density at radius 3 is 0.650 bits per heavy atom. The van der Waals surface area contributed by atoms with Crippen molar-refractivity contribution in [3.8, 4) is 0 Å². The Hall–Kier alpha value is 0.443. The van der Waals surface area contributed by atoms with Crippen molar-refractivity contribution in [2.75, 3.05) is 26.4 Å². The molecule has 0 saturated heterocycles. The van der Waals surface area contributed by atoms with Crippen molar-refractivity contribution >= 4 is 0 Å².